The van der Waals surface area contributed by atoms with E-state index in [0.29, 0.717) is 13.0 Å². The number of Topliss-reactive ketones (excluding diaryl/α,β-unsaturated/α-hetero) is 1. The van der Waals surface area contributed by atoms with Gasteiger partial charge in [-0.05, 0) is 12.8 Å². The molecular formula is C14H23NO4. The summed E-state index contributed by atoms with van der Waals surface area (Å²) in [6.07, 6.45) is 1.37. The molecule has 0 aromatic heterocycles. The number of carbonyl (C=O) groups is 3. The van der Waals surface area contributed by atoms with Crippen molar-refractivity contribution < 1.29 is 19.5 Å². The van der Waals surface area contributed by atoms with Crippen LogP contribution in [0.1, 0.15) is 46.5 Å². The van der Waals surface area contributed by atoms with Gasteiger partial charge in [0.15, 0.2) is 0 Å². The van der Waals surface area contributed by atoms with Gasteiger partial charge in [-0.1, -0.05) is 27.4 Å². The van der Waals surface area contributed by atoms with Crippen molar-refractivity contribution >= 4 is 17.7 Å². The van der Waals surface area contributed by atoms with Crippen molar-refractivity contribution in [3.8, 4) is 0 Å². The Bertz CT molecular complexity index is 372. The molecule has 1 amide bonds. The first-order valence-electron chi connectivity index (χ1n) is 6.41. The van der Waals surface area contributed by atoms with Crippen molar-refractivity contribution in [2.24, 2.45) is 5.41 Å². The topological polar surface area (TPSA) is 83.5 Å². The number of hydrogen-bond donors (Lipinski definition) is 2. The normalized spacial score (nSPS) is 10.9. The number of carboxylic acids is 1. The first-order valence-corrected chi connectivity index (χ1v) is 6.41. The van der Waals surface area contributed by atoms with E-state index < -0.39 is 11.4 Å². The third kappa shape index (κ3) is 6.74. The van der Waals surface area contributed by atoms with Gasteiger partial charge in [-0.25, -0.2) is 4.79 Å². The van der Waals surface area contributed by atoms with Crippen LogP contribution in [0.15, 0.2) is 12.2 Å². The van der Waals surface area contributed by atoms with Crippen LogP contribution in [-0.4, -0.2) is 29.3 Å². The predicted molar refractivity (Wildman–Crippen MR) is 72.7 cm³/mol. The van der Waals surface area contributed by atoms with Crippen molar-refractivity contribution in [3.63, 3.8) is 0 Å². The van der Waals surface area contributed by atoms with E-state index in [2.05, 4.69) is 11.9 Å². The zero-order valence-corrected chi connectivity index (χ0v) is 11.9. The fourth-order valence-corrected chi connectivity index (χ4v) is 1.29. The van der Waals surface area contributed by atoms with Crippen LogP contribution in [0.3, 0.4) is 0 Å². The quantitative estimate of drug-likeness (QED) is 0.495. The maximum Gasteiger partial charge on any atom is 0.331 e. The van der Waals surface area contributed by atoms with E-state index >= 15 is 0 Å². The summed E-state index contributed by atoms with van der Waals surface area (Å²) in [7, 11) is 0. The summed E-state index contributed by atoms with van der Waals surface area (Å²) in [6, 6.07) is 0. The summed E-state index contributed by atoms with van der Waals surface area (Å²) in [5, 5.41) is 11.4. The summed E-state index contributed by atoms with van der Waals surface area (Å²) in [5.41, 5.74) is -0.497. The van der Waals surface area contributed by atoms with Gasteiger partial charge >= 0.3 is 5.97 Å². The maximum absolute atomic E-state index is 11.7. The standard InChI is InChI=1S/C14H23NO4/c1-5-14(3,4)13(19)15-8-6-7-11(16)9-10(2)12(17)18/h2,5-9H2,1,3-4H3,(H,15,19)(H,17,18). The van der Waals surface area contributed by atoms with Crippen LogP contribution in [-0.2, 0) is 14.4 Å². The van der Waals surface area contributed by atoms with Crippen LogP contribution in [0.25, 0.3) is 0 Å². The van der Waals surface area contributed by atoms with Gasteiger partial charge < -0.3 is 10.4 Å². The Hall–Kier alpha value is -1.65. The molecule has 0 aromatic rings. The second-order valence-corrected chi connectivity index (χ2v) is 5.22. The highest BCUT2D eigenvalue weighted by Gasteiger charge is 2.24. The molecule has 0 aliphatic carbocycles. The number of ketones is 1. The molecule has 0 saturated carbocycles. The fourth-order valence-electron chi connectivity index (χ4n) is 1.29. The summed E-state index contributed by atoms with van der Waals surface area (Å²) in [6.45, 7) is 9.40. The molecule has 0 atom stereocenters. The fraction of sp³-hybridized carbons (Fsp3) is 0.643. The van der Waals surface area contributed by atoms with E-state index in [1.807, 2.05) is 20.8 Å². The molecule has 0 unspecified atom stereocenters. The largest absolute Gasteiger partial charge is 0.478 e. The highest BCUT2D eigenvalue weighted by molar-refractivity contribution is 5.94. The van der Waals surface area contributed by atoms with Crippen molar-refractivity contribution in [1.29, 1.82) is 0 Å². The van der Waals surface area contributed by atoms with Gasteiger partial charge in [0.2, 0.25) is 5.91 Å². The molecule has 5 nitrogen and oxygen atoms in total. The lowest BCUT2D eigenvalue weighted by Gasteiger charge is -2.21. The van der Waals surface area contributed by atoms with E-state index in [9.17, 15) is 14.4 Å². The number of aliphatic carboxylic acids is 1. The number of hydrogen-bond acceptors (Lipinski definition) is 3. The number of nitrogens with one attached hydrogen (secondary N) is 1. The Morgan fingerprint density at radius 2 is 1.84 bits per heavy atom. The third-order valence-electron chi connectivity index (χ3n) is 3.13. The summed E-state index contributed by atoms with van der Waals surface area (Å²) in [5.74, 6) is -1.35. The van der Waals surface area contributed by atoms with Crippen LogP contribution in [0.4, 0.5) is 0 Å². The Balaban J connectivity index is 3.87. The van der Waals surface area contributed by atoms with Crippen LogP contribution in [0.5, 0.6) is 0 Å². The van der Waals surface area contributed by atoms with Crippen LogP contribution >= 0.6 is 0 Å². The van der Waals surface area contributed by atoms with Crippen LogP contribution in [0, 0.1) is 5.41 Å². The molecule has 2 N–H and O–H groups in total. The summed E-state index contributed by atoms with van der Waals surface area (Å²) in [4.78, 5) is 33.6. The van der Waals surface area contributed by atoms with Gasteiger partial charge in [-0.3, -0.25) is 9.59 Å². The highest BCUT2D eigenvalue weighted by Crippen LogP contribution is 2.19. The van der Waals surface area contributed by atoms with E-state index in [4.69, 9.17) is 5.11 Å². The first-order chi connectivity index (χ1) is 8.70. The number of rotatable bonds is 9. The molecule has 0 rings (SSSR count). The summed E-state index contributed by atoms with van der Waals surface area (Å²) >= 11 is 0. The second kappa shape index (κ2) is 7.71. The molecule has 0 heterocycles. The predicted octanol–water partition coefficient (Wildman–Crippen LogP) is 1.92. The minimum atomic E-state index is -1.15. The molecule has 0 bridgehead atoms. The number of carboxylic acid groups (broad SMARTS) is 1. The lowest BCUT2D eigenvalue weighted by atomic mass is 9.89. The Kier molecular flexibility index (Phi) is 7.04. The first kappa shape index (κ1) is 17.4. The molecule has 0 aromatic carbocycles. The molecular weight excluding hydrogens is 246 g/mol. The highest BCUT2D eigenvalue weighted by atomic mass is 16.4. The van der Waals surface area contributed by atoms with Crippen molar-refractivity contribution in [2.75, 3.05) is 6.54 Å². The zero-order valence-electron chi connectivity index (χ0n) is 11.9. The SMILES string of the molecule is C=C(CC(=O)CCCNC(=O)C(C)(C)CC)C(=O)O. The van der Waals surface area contributed by atoms with Gasteiger partial charge in [0, 0.05) is 30.4 Å². The zero-order chi connectivity index (χ0) is 15.1. The Morgan fingerprint density at radius 3 is 2.32 bits per heavy atom. The number of amides is 1. The molecule has 0 aliphatic heterocycles. The second-order valence-electron chi connectivity index (χ2n) is 5.22. The molecule has 5 heteroatoms. The molecule has 0 fully saturated rings. The van der Waals surface area contributed by atoms with Gasteiger partial charge in [-0.2, -0.15) is 0 Å². The van der Waals surface area contributed by atoms with Gasteiger partial charge in [-0.15, -0.1) is 0 Å². The van der Waals surface area contributed by atoms with E-state index in [1.165, 1.54) is 0 Å². The molecule has 0 aliphatic rings. The summed E-state index contributed by atoms with van der Waals surface area (Å²) < 4.78 is 0. The average molecular weight is 269 g/mol. The molecule has 19 heavy (non-hydrogen) atoms. The van der Waals surface area contributed by atoms with Gasteiger partial charge in [0.25, 0.3) is 0 Å². The minimum absolute atomic E-state index is 0.0302. The lowest BCUT2D eigenvalue weighted by molar-refractivity contribution is -0.133. The maximum atomic E-state index is 11.7. The van der Waals surface area contributed by atoms with Crippen LogP contribution in [0.2, 0.25) is 0 Å². The molecule has 0 saturated heterocycles. The smallest absolute Gasteiger partial charge is 0.331 e. The van der Waals surface area contributed by atoms with Crippen molar-refractivity contribution in [2.45, 2.75) is 46.5 Å². The lowest BCUT2D eigenvalue weighted by Crippen LogP contribution is -2.37. The minimum Gasteiger partial charge on any atom is -0.478 e. The van der Waals surface area contributed by atoms with E-state index in [1.54, 1.807) is 0 Å². The third-order valence-corrected chi connectivity index (χ3v) is 3.13. The molecule has 108 valence electrons. The molecule has 0 radical (unpaired) electrons. The number of carbonyl (C=O) groups excluding carboxylic acids is 2. The molecule has 0 spiro atoms. The average Bonchev–Trinajstić information content (AvgIpc) is 2.33. The van der Waals surface area contributed by atoms with E-state index in [-0.39, 0.29) is 30.1 Å². The van der Waals surface area contributed by atoms with Gasteiger partial charge in [0.1, 0.15) is 5.78 Å². The monoisotopic (exact) mass is 269 g/mol. The Labute approximate surface area is 114 Å². The van der Waals surface area contributed by atoms with Crippen LogP contribution < -0.4 is 5.32 Å². The van der Waals surface area contributed by atoms with Crippen molar-refractivity contribution in [1.82, 2.24) is 5.32 Å². The van der Waals surface area contributed by atoms with Gasteiger partial charge in [0.05, 0.1) is 0 Å². The Morgan fingerprint density at radius 1 is 1.26 bits per heavy atom. The van der Waals surface area contributed by atoms with Crippen molar-refractivity contribution in [3.05, 3.63) is 12.2 Å². The van der Waals surface area contributed by atoms with E-state index in [0.717, 1.165) is 6.42 Å².